The average Bonchev–Trinajstić information content (AvgIpc) is 2.76. The molecular formula is C8H9N5S. The lowest BCUT2D eigenvalue weighted by molar-refractivity contribution is 0.852. The molecule has 0 amide bonds. The Kier molecular flexibility index (Phi) is 1.57. The molecule has 0 spiro atoms. The van der Waals surface area contributed by atoms with E-state index in [1.54, 1.807) is 17.1 Å². The molecule has 72 valence electrons. The van der Waals surface area contributed by atoms with Crippen LogP contribution < -0.4 is 5.73 Å². The molecular weight excluding hydrogens is 198 g/mol. The Labute approximate surface area is 84.7 Å². The van der Waals surface area contributed by atoms with Crippen LogP contribution in [0.15, 0.2) is 12.4 Å². The molecule has 3 rings (SSSR count). The Morgan fingerprint density at radius 3 is 3.00 bits per heavy atom. The van der Waals surface area contributed by atoms with E-state index >= 15 is 0 Å². The standard InChI is InChI=1S/C8H9N5S/c9-6-3-10-13(4-6)8-11-7(12-14-8)5-1-2-5/h3-5H,1-2,9H2. The summed E-state index contributed by atoms with van der Waals surface area (Å²) in [6.07, 6.45) is 5.80. The van der Waals surface area contributed by atoms with E-state index in [1.165, 1.54) is 24.4 Å². The van der Waals surface area contributed by atoms with Gasteiger partial charge >= 0.3 is 0 Å². The smallest absolute Gasteiger partial charge is 0.230 e. The summed E-state index contributed by atoms with van der Waals surface area (Å²) in [4.78, 5) is 4.41. The van der Waals surface area contributed by atoms with Crippen LogP contribution in [0.2, 0.25) is 0 Å². The van der Waals surface area contributed by atoms with E-state index in [4.69, 9.17) is 5.73 Å². The molecule has 2 heterocycles. The molecule has 1 saturated carbocycles. The second-order valence-electron chi connectivity index (χ2n) is 3.43. The lowest BCUT2D eigenvalue weighted by Gasteiger charge is -1.90. The van der Waals surface area contributed by atoms with Crippen molar-refractivity contribution in [2.75, 3.05) is 5.73 Å². The summed E-state index contributed by atoms with van der Waals surface area (Å²) in [5.74, 6) is 1.55. The molecule has 1 aliphatic rings. The van der Waals surface area contributed by atoms with Gasteiger partial charge in [-0.3, -0.25) is 0 Å². The maximum absolute atomic E-state index is 5.57. The van der Waals surface area contributed by atoms with Crippen LogP contribution in [-0.4, -0.2) is 19.1 Å². The van der Waals surface area contributed by atoms with E-state index < -0.39 is 0 Å². The molecule has 14 heavy (non-hydrogen) atoms. The van der Waals surface area contributed by atoms with Crippen LogP contribution in [0.1, 0.15) is 24.6 Å². The van der Waals surface area contributed by atoms with Gasteiger partial charge in [0, 0.05) is 17.5 Å². The zero-order valence-electron chi connectivity index (χ0n) is 7.42. The van der Waals surface area contributed by atoms with Crippen molar-refractivity contribution in [3.05, 3.63) is 18.2 Å². The molecule has 0 aliphatic heterocycles. The lowest BCUT2D eigenvalue weighted by Crippen LogP contribution is -1.93. The van der Waals surface area contributed by atoms with E-state index in [0.717, 1.165) is 11.0 Å². The summed E-state index contributed by atoms with van der Waals surface area (Å²) in [7, 11) is 0. The lowest BCUT2D eigenvalue weighted by atomic mass is 10.4. The van der Waals surface area contributed by atoms with E-state index in [1.807, 2.05) is 0 Å². The van der Waals surface area contributed by atoms with Gasteiger partial charge in [0.25, 0.3) is 0 Å². The third kappa shape index (κ3) is 1.27. The summed E-state index contributed by atoms with van der Waals surface area (Å²) in [5, 5.41) is 4.87. The van der Waals surface area contributed by atoms with Gasteiger partial charge in [0.05, 0.1) is 18.1 Å². The molecule has 1 fully saturated rings. The molecule has 6 heteroatoms. The van der Waals surface area contributed by atoms with Gasteiger partial charge in [-0.1, -0.05) is 0 Å². The Hall–Kier alpha value is -1.43. The molecule has 2 N–H and O–H groups in total. The minimum absolute atomic E-state index is 0.591. The van der Waals surface area contributed by atoms with Crippen molar-refractivity contribution >= 4 is 17.2 Å². The molecule has 1 aliphatic carbocycles. The minimum Gasteiger partial charge on any atom is -0.396 e. The highest BCUT2D eigenvalue weighted by atomic mass is 32.1. The minimum atomic E-state index is 0.591. The topological polar surface area (TPSA) is 69.6 Å². The Bertz CT molecular complexity index is 456. The van der Waals surface area contributed by atoms with Crippen LogP contribution in [0.5, 0.6) is 0 Å². The first-order valence-electron chi connectivity index (χ1n) is 4.47. The fraction of sp³-hybridized carbons (Fsp3) is 0.375. The van der Waals surface area contributed by atoms with Crippen LogP contribution in [-0.2, 0) is 0 Å². The summed E-state index contributed by atoms with van der Waals surface area (Å²) < 4.78 is 5.96. The van der Waals surface area contributed by atoms with Crippen molar-refractivity contribution in [3.63, 3.8) is 0 Å². The third-order valence-electron chi connectivity index (χ3n) is 2.17. The molecule has 5 nitrogen and oxygen atoms in total. The van der Waals surface area contributed by atoms with Crippen molar-refractivity contribution in [1.29, 1.82) is 0 Å². The first-order valence-corrected chi connectivity index (χ1v) is 5.24. The summed E-state index contributed by atoms with van der Waals surface area (Å²) >= 11 is 1.37. The quantitative estimate of drug-likeness (QED) is 0.802. The molecule has 0 atom stereocenters. The molecule has 0 bridgehead atoms. The van der Waals surface area contributed by atoms with Crippen LogP contribution >= 0.6 is 11.5 Å². The molecule has 0 saturated heterocycles. The zero-order valence-corrected chi connectivity index (χ0v) is 8.24. The maximum atomic E-state index is 5.57. The molecule has 2 aromatic heterocycles. The van der Waals surface area contributed by atoms with Crippen molar-refractivity contribution < 1.29 is 0 Å². The van der Waals surface area contributed by atoms with Crippen LogP contribution in [0.4, 0.5) is 5.69 Å². The summed E-state index contributed by atoms with van der Waals surface area (Å²) in [6.45, 7) is 0. The van der Waals surface area contributed by atoms with E-state index in [9.17, 15) is 0 Å². The molecule has 0 radical (unpaired) electrons. The number of rotatable bonds is 2. The molecule has 2 aromatic rings. The number of hydrogen-bond acceptors (Lipinski definition) is 5. The highest BCUT2D eigenvalue weighted by Crippen LogP contribution is 2.38. The SMILES string of the molecule is Nc1cnn(-c2nc(C3CC3)ns2)c1. The number of anilines is 1. The number of nitrogens with zero attached hydrogens (tertiary/aromatic N) is 4. The maximum Gasteiger partial charge on any atom is 0.230 e. The summed E-state index contributed by atoms with van der Waals surface area (Å²) in [6, 6.07) is 0. The fourth-order valence-electron chi connectivity index (χ4n) is 1.27. The van der Waals surface area contributed by atoms with Crippen molar-refractivity contribution in [2.45, 2.75) is 18.8 Å². The number of nitrogen functional groups attached to an aromatic ring is 1. The zero-order chi connectivity index (χ0) is 9.54. The van der Waals surface area contributed by atoms with Crippen molar-refractivity contribution in [2.24, 2.45) is 0 Å². The first-order chi connectivity index (χ1) is 6.83. The van der Waals surface area contributed by atoms with Gasteiger partial charge in [0.1, 0.15) is 5.82 Å². The average molecular weight is 207 g/mol. The molecule has 0 unspecified atom stereocenters. The van der Waals surface area contributed by atoms with E-state index in [0.29, 0.717) is 11.6 Å². The van der Waals surface area contributed by atoms with Gasteiger partial charge in [-0.05, 0) is 12.8 Å². The number of aromatic nitrogens is 4. The highest BCUT2D eigenvalue weighted by Gasteiger charge is 2.28. The van der Waals surface area contributed by atoms with Crippen LogP contribution in [0.3, 0.4) is 0 Å². The predicted molar refractivity (Wildman–Crippen MR) is 53.4 cm³/mol. The van der Waals surface area contributed by atoms with Crippen molar-refractivity contribution in [3.8, 4) is 5.13 Å². The Morgan fingerprint density at radius 1 is 1.50 bits per heavy atom. The number of hydrogen-bond donors (Lipinski definition) is 1. The van der Waals surface area contributed by atoms with Gasteiger partial charge < -0.3 is 5.73 Å². The van der Waals surface area contributed by atoms with Crippen LogP contribution in [0.25, 0.3) is 5.13 Å². The van der Waals surface area contributed by atoms with Gasteiger partial charge in [-0.15, -0.1) is 0 Å². The predicted octanol–water partition coefficient (Wildman–Crippen LogP) is 1.18. The second kappa shape index (κ2) is 2.78. The normalized spacial score (nSPS) is 16.0. The van der Waals surface area contributed by atoms with Gasteiger partial charge in [-0.2, -0.15) is 9.47 Å². The first kappa shape index (κ1) is 7.93. The highest BCUT2D eigenvalue weighted by molar-refractivity contribution is 7.08. The summed E-state index contributed by atoms with van der Waals surface area (Å²) in [5.41, 5.74) is 6.21. The monoisotopic (exact) mass is 207 g/mol. The Morgan fingerprint density at radius 2 is 2.36 bits per heavy atom. The molecule has 0 aromatic carbocycles. The van der Waals surface area contributed by atoms with E-state index in [2.05, 4.69) is 14.5 Å². The van der Waals surface area contributed by atoms with Crippen molar-refractivity contribution in [1.82, 2.24) is 19.1 Å². The van der Waals surface area contributed by atoms with Crippen LogP contribution in [0, 0.1) is 0 Å². The number of nitrogens with two attached hydrogens (primary N) is 1. The van der Waals surface area contributed by atoms with Gasteiger partial charge in [0.15, 0.2) is 0 Å². The second-order valence-corrected chi connectivity index (χ2v) is 4.16. The fourth-order valence-corrected chi connectivity index (χ4v) is 1.95. The largest absolute Gasteiger partial charge is 0.396 e. The van der Waals surface area contributed by atoms with E-state index in [-0.39, 0.29) is 0 Å². The van der Waals surface area contributed by atoms with Gasteiger partial charge in [-0.25, -0.2) is 9.67 Å². The Balaban J connectivity index is 1.95. The van der Waals surface area contributed by atoms with Gasteiger partial charge in [0.2, 0.25) is 5.13 Å². The third-order valence-corrected chi connectivity index (χ3v) is 2.89.